The van der Waals surface area contributed by atoms with Gasteiger partial charge >= 0.3 is 17.9 Å². The first-order chi connectivity index (χ1) is 19.9. The molecule has 1 heterocycles. The van der Waals surface area contributed by atoms with Crippen molar-refractivity contribution in [3.63, 3.8) is 0 Å². The molecule has 0 bridgehead atoms. The topological polar surface area (TPSA) is 108 Å². The van der Waals surface area contributed by atoms with Crippen molar-refractivity contribution in [1.29, 1.82) is 0 Å². The average molecular weight is 583 g/mol. The first-order valence-corrected chi connectivity index (χ1v) is 14.9. The molecule has 0 unspecified atom stereocenters. The minimum atomic E-state index is -0.984. The highest BCUT2D eigenvalue weighted by Crippen LogP contribution is 2.29. The molecular weight excluding hydrogens is 544 g/mol. The molecule has 0 amide bonds. The quantitative estimate of drug-likeness (QED) is 0.130. The van der Waals surface area contributed by atoms with E-state index in [0.717, 1.165) is 54.4 Å². The minimum Gasteiger partial charge on any atom is -0.494 e. The molecule has 2 aromatic carbocycles. The number of unbranched alkanes of at least 4 members (excludes halogenated alkanes) is 3. The Morgan fingerprint density at radius 1 is 0.829 bits per heavy atom. The molecule has 0 saturated heterocycles. The molecule has 0 aliphatic heterocycles. The van der Waals surface area contributed by atoms with E-state index in [1.54, 1.807) is 37.3 Å². The summed E-state index contributed by atoms with van der Waals surface area (Å²) in [7, 11) is 0. The van der Waals surface area contributed by atoms with Crippen molar-refractivity contribution in [2.45, 2.75) is 58.8 Å². The number of rotatable bonds is 18. The standard InChI is InChI=1S/C32H38O8S/c1-3-37-30(33)13-16-40-29-12-9-11-23(28(29)21-31(34)38-4-2)10-7-5-6-8-15-39-27-19-25(24-14-17-41-22-24)18-26(20-27)32(35)36/h9,11-12,14,17-20,22H,3-8,10,13,15-16,21H2,1-2H3,(H,35,36). The zero-order chi connectivity index (χ0) is 29.5. The molecule has 8 nitrogen and oxygen atoms in total. The summed E-state index contributed by atoms with van der Waals surface area (Å²) in [5.41, 5.74) is 3.81. The van der Waals surface area contributed by atoms with Gasteiger partial charge in [0.25, 0.3) is 0 Å². The number of ether oxygens (including phenoxy) is 4. The van der Waals surface area contributed by atoms with Gasteiger partial charge in [-0.05, 0) is 90.9 Å². The van der Waals surface area contributed by atoms with Gasteiger partial charge in [0.05, 0.1) is 44.8 Å². The summed E-state index contributed by atoms with van der Waals surface area (Å²) < 4.78 is 21.9. The fraction of sp³-hybridized carbons (Fsp3) is 0.406. The minimum absolute atomic E-state index is 0.107. The molecule has 0 aliphatic rings. The summed E-state index contributed by atoms with van der Waals surface area (Å²) >= 11 is 1.56. The predicted octanol–water partition coefficient (Wildman–Crippen LogP) is 6.73. The Kier molecular flexibility index (Phi) is 13.2. The zero-order valence-corrected chi connectivity index (χ0v) is 24.5. The first kappa shape index (κ1) is 31.7. The van der Waals surface area contributed by atoms with E-state index in [-0.39, 0.29) is 37.0 Å². The third-order valence-corrected chi connectivity index (χ3v) is 7.03. The molecule has 0 saturated carbocycles. The van der Waals surface area contributed by atoms with E-state index < -0.39 is 5.97 Å². The Labute approximate surface area is 245 Å². The maximum Gasteiger partial charge on any atom is 0.335 e. The van der Waals surface area contributed by atoms with Gasteiger partial charge in [0.15, 0.2) is 0 Å². The number of esters is 2. The highest BCUT2D eigenvalue weighted by Gasteiger charge is 2.15. The molecule has 3 rings (SSSR count). The van der Waals surface area contributed by atoms with E-state index >= 15 is 0 Å². The zero-order valence-electron chi connectivity index (χ0n) is 23.7. The van der Waals surface area contributed by atoms with E-state index in [2.05, 4.69) is 0 Å². The molecule has 0 aliphatic carbocycles. The number of aromatic carboxylic acids is 1. The smallest absolute Gasteiger partial charge is 0.335 e. The Morgan fingerprint density at radius 3 is 2.34 bits per heavy atom. The van der Waals surface area contributed by atoms with Crippen molar-refractivity contribution in [2.75, 3.05) is 26.4 Å². The van der Waals surface area contributed by atoms with Crippen molar-refractivity contribution in [3.05, 3.63) is 69.9 Å². The predicted molar refractivity (Wildman–Crippen MR) is 158 cm³/mol. The fourth-order valence-electron chi connectivity index (χ4n) is 4.38. The van der Waals surface area contributed by atoms with Crippen molar-refractivity contribution < 1.29 is 38.4 Å². The Balaban J connectivity index is 1.51. The van der Waals surface area contributed by atoms with Crippen LogP contribution in [0.5, 0.6) is 11.5 Å². The molecular formula is C32H38O8S. The van der Waals surface area contributed by atoms with Crippen LogP contribution in [0.15, 0.2) is 53.2 Å². The lowest BCUT2D eigenvalue weighted by Crippen LogP contribution is -2.13. The van der Waals surface area contributed by atoms with Gasteiger partial charge in [0.1, 0.15) is 11.5 Å². The van der Waals surface area contributed by atoms with Crippen LogP contribution >= 0.6 is 11.3 Å². The number of carbonyl (C=O) groups is 3. The number of thiophene rings is 1. The number of carbonyl (C=O) groups excluding carboxylic acids is 2. The normalized spacial score (nSPS) is 10.7. The largest absolute Gasteiger partial charge is 0.494 e. The number of aryl methyl sites for hydroxylation is 1. The summed E-state index contributed by atoms with van der Waals surface area (Å²) in [5.74, 6) is -0.491. The number of carboxylic acid groups (broad SMARTS) is 1. The van der Waals surface area contributed by atoms with Crippen LogP contribution in [-0.4, -0.2) is 49.4 Å². The van der Waals surface area contributed by atoms with Crippen molar-refractivity contribution in [2.24, 2.45) is 0 Å². The Hall–Kier alpha value is -3.85. The van der Waals surface area contributed by atoms with E-state index in [1.165, 1.54) is 0 Å². The van der Waals surface area contributed by atoms with Crippen LogP contribution in [0.1, 0.15) is 67.4 Å². The van der Waals surface area contributed by atoms with E-state index in [9.17, 15) is 19.5 Å². The second kappa shape index (κ2) is 17.1. The van der Waals surface area contributed by atoms with Crippen molar-refractivity contribution in [1.82, 2.24) is 0 Å². The van der Waals surface area contributed by atoms with Gasteiger partial charge in [-0.25, -0.2) is 4.79 Å². The fourth-order valence-corrected chi connectivity index (χ4v) is 5.04. The maximum atomic E-state index is 12.3. The third-order valence-electron chi connectivity index (χ3n) is 6.34. The van der Waals surface area contributed by atoms with Crippen molar-refractivity contribution >= 4 is 29.2 Å². The van der Waals surface area contributed by atoms with Crippen LogP contribution in [0.4, 0.5) is 0 Å². The second-order valence-electron chi connectivity index (χ2n) is 9.36. The van der Waals surface area contributed by atoms with Gasteiger partial charge in [0, 0.05) is 5.56 Å². The highest BCUT2D eigenvalue weighted by atomic mass is 32.1. The first-order valence-electron chi connectivity index (χ1n) is 14.0. The van der Waals surface area contributed by atoms with Gasteiger partial charge < -0.3 is 24.1 Å². The highest BCUT2D eigenvalue weighted by molar-refractivity contribution is 7.08. The number of hydrogen-bond acceptors (Lipinski definition) is 8. The molecule has 1 N–H and O–H groups in total. The van der Waals surface area contributed by atoms with Gasteiger partial charge in [-0.1, -0.05) is 25.0 Å². The molecule has 1 aromatic heterocycles. The van der Waals surface area contributed by atoms with Crippen LogP contribution in [0.25, 0.3) is 11.1 Å². The molecule has 3 aromatic rings. The molecule has 9 heteroatoms. The lowest BCUT2D eigenvalue weighted by Gasteiger charge is -2.15. The van der Waals surface area contributed by atoms with E-state index in [1.807, 2.05) is 41.1 Å². The summed E-state index contributed by atoms with van der Waals surface area (Å²) in [4.78, 5) is 35.5. The van der Waals surface area contributed by atoms with Crippen LogP contribution in [-0.2, 0) is 31.9 Å². The number of benzene rings is 2. The SMILES string of the molecule is CCOC(=O)CCOc1cccc(CCCCCCOc2cc(C(=O)O)cc(-c3ccsc3)c2)c1CC(=O)OCC. The van der Waals surface area contributed by atoms with E-state index in [4.69, 9.17) is 18.9 Å². The molecule has 220 valence electrons. The third kappa shape index (κ3) is 10.6. The van der Waals surface area contributed by atoms with Crippen LogP contribution in [0.3, 0.4) is 0 Å². The molecule has 0 atom stereocenters. The number of hydrogen-bond donors (Lipinski definition) is 1. The van der Waals surface area contributed by atoms with Gasteiger partial charge in [-0.2, -0.15) is 11.3 Å². The van der Waals surface area contributed by atoms with Crippen LogP contribution in [0.2, 0.25) is 0 Å². The van der Waals surface area contributed by atoms with Crippen molar-refractivity contribution in [3.8, 4) is 22.6 Å². The molecule has 0 spiro atoms. The van der Waals surface area contributed by atoms with E-state index in [0.29, 0.717) is 31.3 Å². The summed E-state index contributed by atoms with van der Waals surface area (Å²) in [6, 6.07) is 12.8. The summed E-state index contributed by atoms with van der Waals surface area (Å²) in [5, 5.41) is 13.4. The summed E-state index contributed by atoms with van der Waals surface area (Å²) in [6.45, 7) is 4.82. The number of carboxylic acids is 1. The lowest BCUT2D eigenvalue weighted by atomic mass is 9.98. The lowest BCUT2D eigenvalue weighted by molar-refractivity contribution is -0.144. The van der Waals surface area contributed by atoms with Crippen LogP contribution < -0.4 is 9.47 Å². The van der Waals surface area contributed by atoms with Crippen LogP contribution in [0, 0.1) is 0 Å². The van der Waals surface area contributed by atoms with Gasteiger partial charge in [-0.15, -0.1) is 0 Å². The average Bonchev–Trinajstić information content (AvgIpc) is 3.49. The van der Waals surface area contributed by atoms with Gasteiger partial charge in [-0.3, -0.25) is 9.59 Å². The molecule has 0 fully saturated rings. The molecule has 41 heavy (non-hydrogen) atoms. The monoisotopic (exact) mass is 582 g/mol. The Morgan fingerprint density at radius 2 is 1.61 bits per heavy atom. The maximum absolute atomic E-state index is 12.3. The molecule has 0 radical (unpaired) electrons. The van der Waals surface area contributed by atoms with Gasteiger partial charge in [0.2, 0.25) is 0 Å². The Bertz CT molecular complexity index is 1270. The second-order valence-corrected chi connectivity index (χ2v) is 10.1. The summed E-state index contributed by atoms with van der Waals surface area (Å²) in [6.07, 6.45) is 4.67.